The molecule has 0 aliphatic carbocycles. The number of aromatic nitrogens is 2. The highest BCUT2D eigenvalue weighted by molar-refractivity contribution is 9.10. The predicted molar refractivity (Wildman–Crippen MR) is 92.0 cm³/mol. The summed E-state index contributed by atoms with van der Waals surface area (Å²) < 4.78 is 20.3. The van der Waals surface area contributed by atoms with Crippen molar-refractivity contribution in [1.29, 1.82) is 0 Å². The van der Waals surface area contributed by atoms with Gasteiger partial charge >= 0.3 is 0 Å². The fourth-order valence-electron chi connectivity index (χ4n) is 2.81. The summed E-state index contributed by atoms with van der Waals surface area (Å²) in [4.78, 5) is 16.6. The number of benzene rings is 1. The van der Waals surface area contributed by atoms with Crippen molar-refractivity contribution in [3.63, 3.8) is 0 Å². The zero-order valence-electron chi connectivity index (χ0n) is 13.5. The third-order valence-corrected chi connectivity index (χ3v) is 4.81. The van der Waals surface area contributed by atoms with Crippen LogP contribution in [0.5, 0.6) is 5.88 Å². The number of ether oxygens (including phenoxy) is 1. The summed E-state index contributed by atoms with van der Waals surface area (Å²) in [5.41, 5.74) is 1.31. The van der Waals surface area contributed by atoms with E-state index < -0.39 is 0 Å². The van der Waals surface area contributed by atoms with Gasteiger partial charge in [0.1, 0.15) is 10.3 Å². The number of carbonyl (C=O) groups excluding carboxylic acids is 1. The molecule has 0 spiro atoms. The molecular weight excluding hydrogens is 379 g/mol. The SMILES string of the molecule is COc1c(Br)c(C(=O)N2CCN(c3ccc(F)cc3)CC2)nn1C. The first-order valence-electron chi connectivity index (χ1n) is 7.57. The van der Waals surface area contributed by atoms with Gasteiger partial charge in [-0.3, -0.25) is 4.79 Å². The second-order valence-electron chi connectivity index (χ2n) is 5.55. The number of aryl methyl sites for hydroxylation is 1. The molecule has 1 fully saturated rings. The third-order valence-electron chi connectivity index (χ3n) is 4.09. The van der Waals surface area contributed by atoms with Gasteiger partial charge in [-0.25, -0.2) is 9.07 Å². The maximum Gasteiger partial charge on any atom is 0.275 e. The van der Waals surface area contributed by atoms with Crippen LogP contribution in [0.25, 0.3) is 0 Å². The number of hydrogen-bond donors (Lipinski definition) is 0. The van der Waals surface area contributed by atoms with Crippen LogP contribution in [0, 0.1) is 5.82 Å². The number of nitrogens with zero attached hydrogens (tertiary/aromatic N) is 4. The summed E-state index contributed by atoms with van der Waals surface area (Å²) in [6.07, 6.45) is 0. The number of anilines is 1. The van der Waals surface area contributed by atoms with Crippen LogP contribution in [0.15, 0.2) is 28.7 Å². The van der Waals surface area contributed by atoms with Crippen molar-refractivity contribution in [2.24, 2.45) is 7.05 Å². The summed E-state index contributed by atoms with van der Waals surface area (Å²) >= 11 is 3.38. The van der Waals surface area contributed by atoms with E-state index in [0.717, 1.165) is 5.69 Å². The van der Waals surface area contributed by atoms with Gasteiger partial charge in [0.15, 0.2) is 5.69 Å². The zero-order chi connectivity index (χ0) is 17.3. The van der Waals surface area contributed by atoms with Gasteiger partial charge in [0.05, 0.1) is 7.11 Å². The maximum atomic E-state index is 13.0. The predicted octanol–water partition coefficient (Wildman–Crippen LogP) is 2.29. The van der Waals surface area contributed by atoms with Gasteiger partial charge in [-0.2, -0.15) is 5.10 Å². The van der Waals surface area contributed by atoms with Gasteiger partial charge in [-0.15, -0.1) is 0 Å². The zero-order valence-corrected chi connectivity index (χ0v) is 15.1. The molecule has 8 heteroatoms. The minimum atomic E-state index is -0.249. The summed E-state index contributed by atoms with van der Waals surface area (Å²) in [6.45, 7) is 2.56. The highest BCUT2D eigenvalue weighted by atomic mass is 79.9. The Morgan fingerprint density at radius 1 is 1.21 bits per heavy atom. The molecule has 128 valence electrons. The van der Waals surface area contributed by atoms with Crippen molar-refractivity contribution in [3.05, 3.63) is 40.2 Å². The van der Waals surface area contributed by atoms with E-state index >= 15 is 0 Å². The van der Waals surface area contributed by atoms with E-state index in [1.807, 2.05) is 0 Å². The van der Waals surface area contributed by atoms with Crippen LogP contribution >= 0.6 is 15.9 Å². The Morgan fingerprint density at radius 3 is 2.38 bits per heavy atom. The van der Waals surface area contributed by atoms with Crippen molar-refractivity contribution >= 4 is 27.5 Å². The summed E-state index contributed by atoms with van der Waals surface area (Å²) in [7, 11) is 3.27. The molecule has 6 nitrogen and oxygen atoms in total. The number of carbonyl (C=O) groups is 1. The average molecular weight is 397 g/mol. The smallest absolute Gasteiger partial charge is 0.275 e. The van der Waals surface area contributed by atoms with E-state index in [9.17, 15) is 9.18 Å². The molecule has 3 rings (SSSR count). The van der Waals surface area contributed by atoms with Crippen LogP contribution in [-0.4, -0.2) is 53.9 Å². The van der Waals surface area contributed by atoms with E-state index in [0.29, 0.717) is 42.2 Å². The molecule has 0 unspecified atom stereocenters. The van der Waals surface area contributed by atoms with E-state index in [1.54, 1.807) is 24.1 Å². The van der Waals surface area contributed by atoms with Crippen LogP contribution in [0.2, 0.25) is 0 Å². The minimum Gasteiger partial charge on any atom is -0.480 e. The lowest BCUT2D eigenvalue weighted by Gasteiger charge is -2.35. The van der Waals surface area contributed by atoms with E-state index in [2.05, 4.69) is 25.9 Å². The first-order valence-corrected chi connectivity index (χ1v) is 8.37. The normalized spacial score (nSPS) is 14.8. The fraction of sp³-hybridized carbons (Fsp3) is 0.375. The Bertz CT molecular complexity index is 739. The third kappa shape index (κ3) is 3.10. The van der Waals surface area contributed by atoms with Gasteiger partial charge in [-0.1, -0.05) is 0 Å². The molecule has 0 radical (unpaired) electrons. The standard InChI is InChI=1S/C16H18BrFN4O2/c1-20-16(24-2)13(17)14(19-20)15(23)22-9-7-21(8-10-22)12-5-3-11(18)4-6-12/h3-6H,7-10H2,1-2H3. The number of piperazine rings is 1. The molecule has 1 amide bonds. The molecule has 0 bridgehead atoms. The topological polar surface area (TPSA) is 50.6 Å². The van der Waals surface area contributed by atoms with Crippen molar-refractivity contribution in [2.75, 3.05) is 38.2 Å². The minimum absolute atomic E-state index is 0.125. The Hall–Kier alpha value is -2.09. The highest BCUT2D eigenvalue weighted by Crippen LogP contribution is 2.29. The first kappa shape index (κ1) is 16.8. The molecule has 0 saturated carbocycles. The second-order valence-corrected chi connectivity index (χ2v) is 6.34. The van der Waals surface area contributed by atoms with Crippen LogP contribution < -0.4 is 9.64 Å². The lowest BCUT2D eigenvalue weighted by atomic mass is 10.2. The largest absolute Gasteiger partial charge is 0.480 e. The van der Waals surface area contributed by atoms with Gasteiger partial charge in [0.2, 0.25) is 5.88 Å². The van der Waals surface area contributed by atoms with Gasteiger partial charge in [0, 0.05) is 38.9 Å². The molecule has 1 aromatic carbocycles. The number of halogens is 2. The van der Waals surface area contributed by atoms with Crippen molar-refractivity contribution in [2.45, 2.75) is 0 Å². The molecule has 2 aromatic rings. The number of hydrogen-bond acceptors (Lipinski definition) is 4. The molecule has 1 aliphatic rings. The Kier molecular flexibility index (Phi) is 4.75. The van der Waals surface area contributed by atoms with Gasteiger partial charge in [0.25, 0.3) is 5.91 Å². The quantitative estimate of drug-likeness (QED) is 0.798. The lowest BCUT2D eigenvalue weighted by molar-refractivity contribution is 0.0739. The number of amides is 1. The van der Waals surface area contributed by atoms with Crippen molar-refractivity contribution in [1.82, 2.24) is 14.7 Å². The van der Waals surface area contributed by atoms with E-state index in [1.165, 1.54) is 23.9 Å². The first-order chi connectivity index (χ1) is 11.5. The molecule has 0 N–H and O–H groups in total. The van der Waals surface area contributed by atoms with E-state index in [4.69, 9.17) is 4.74 Å². The molecule has 0 atom stereocenters. The Labute approximate surface area is 147 Å². The van der Waals surface area contributed by atoms with Crippen LogP contribution in [0.3, 0.4) is 0 Å². The molecule has 1 aliphatic heterocycles. The second kappa shape index (κ2) is 6.80. The fourth-order valence-corrected chi connectivity index (χ4v) is 3.48. The molecule has 2 heterocycles. The van der Waals surface area contributed by atoms with Crippen molar-refractivity contribution < 1.29 is 13.9 Å². The maximum absolute atomic E-state index is 13.0. The lowest BCUT2D eigenvalue weighted by Crippen LogP contribution is -2.49. The summed E-state index contributed by atoms with van der Waals surface area (Å²) in [5.74, 6) is 0.143. The number of rotatable bonds is 3. The Balaban J connectivity index is 1.68. The molecular formula is C16H18BrFN4O2. The summed E-state index contributed by atoms with van der Waals surface area (Å²) in [6, 6.07) is 6.41. The van der Waals surface area contributed by atoms with Gasteiger partial charge in [-0.05, 0) is 40.2 Å². The summed E-state index contributed by atoms with van der Waals surface area (Å²) in [5, 5.41) is 4.24. The highest BCUT2D eigenvalue weighted by Gasteiger charge is 2.28. The number of methoxy groups -OCH3 is 1. The molecule has 1 saturated heterocycles. The Morgan fingerprint density at radius 2 is 1.83 bits per heavy atom. The van der Waals surface area contributed by atoms with Crippen molar-refractivity contribution in [3.8, 4) is 5.88 Å². The van der Waals surface area contributed by atoms with E-state index in [-0.39, 0.29) is 11.7 Å². The molecule has 24 heavy (non-hydrogen) atoms. The van der Waals surface area contributed by atoms with Crippen LogP contribution in [0.1, 0.15) is 10.5 Å². The molecule has 1 aromatic heterocycles. The van der Waals surface area contributed by atoms with Gasteiger partial charge < -0.3 is 14.5 Å². The average Bonchev–Trinajstić information content (AvgIpc) is 2.89. The monoisotopic (exact) mass is 396 g/mol. The van der Waals surface area contributed by atoms with Crippen LogP contribution in [0.4, 0.5) is 10.1 Å². The van der Waals surface area contributed by atoms with Crippen LogP contribution in [-0.2, 0) is 7.05 Å².